The number of nitrogens with two attached hydrogens (primary N) is 1. The van der Waals surface area contributed by atoms with Crippen molar-refractivity contribution in [2.24, 2.45) is 5.73 Å². The molecule has 306 valence electrons. The highest BCUT2D eigenvalue weighted by molar-refractivity contribution is 7.47. The lowest BCUT2D eigenvalue weighted by Crippen LogP contribution is -2.46. The number of rotatable bonds is 40. The minimum absolute atomic E-state index is 0.0857. The first kappa shape index (κ1) is 50.7. The Kier molecular flexibility index (Phi) is 38.4. The van der Waals surface area contributed by atoms with Crippen LogP contribution in [-0.4, -0.2) is 47.8 Å². The third-order valence-electron chi connectivity index (χ3n) is 9.50. The zero-order chi connectivity index (χ0) is 38.2. The van der Waals surface area contributed by atoms with Gasteiger partial charge in [0.05, 0.1) is 25.4 Å². The van der Waals surface area contributed by atoms with Crippen molar-refractivity contribution < 1.29 is 28.4 Å². The summed E-state index contributed by atoms with van der Waals surface area (Å²) in [5.41, 5.74) is 5.37. The Morgan fingerprint density at radius 1 is 0.635 bits per heavy atom. The molecule has 0 heterocycles. The molecule has 9 heteroatoms. The molecule has 52 heavy (non-hydrogen) atoms. The number of hydrogen-bond acceptors (Lipinski definition) is 6. The number of allylic oxidation sites excluding steroid dienone is 6. The predicted octanol–water partition coefficient (Wildman–Crippen LogP) is 11.9. The molecule has 3 unspecified atom stereocenters. The van der Waals surface area contributed by atoms with Crippen molar-refractivity contribution in [2.45, 2.75) is 212 Å². The van der Waals surface area contributed by atoms with Gasteiger partial charge in [-0.3, -0.25) is 13.8 Å². The third kappa shape index (κ3) is 37.1. The highest BCUT2D eigenvalue weighted by Gasteiger charge is 2.27. The fourth-order valence-electron chi connectivity index (χ4n) is 6.20. The second-order valence-electron chi connectivity index (χ2n) is 14.6. The number of unbranched alkanes of at least 4 members (excludes halogenated alkanes) is 22. The van der Waals surface area contributed by atoms with Crippen LogP contribution in [0.2, 0.25) is 0 Å². The molecule has 5 N–H and O–H groups in total. The van der Waals surface area contributed by atoms with Crippen molar-refractivity contribution in [3.8, 4) is 0 Å². The molecule has 0 aliphatic rings. The maximum atomic E-state index is 12.8. The summed E-state index contributed by atoms with van der Waals surface area (Å²) in [5.74, 6) is -0.175. The second kappa shape index (κ2) is 39.4. The number of aliphatic hydroxyl groups is 1. The number of hydrogen-bond donors (Lipinski definition) is 4. The number of amides is 1. The maximum absolute atomic E-state index is 12.8. The molecule has 0 rings (SSSR count). The Hall–Kier alpha value is -1.28. The zero-order valence-corrected chi connectivity index (χ0v) is 34.7. The highest BCUT2D eigenvalue weighted by atomic mass is 31.2. The van der Waals surface area contributed by atoms with Crippen LogP contribution < -0.4 is 11.1 Å². The second-order valence-corrected chi connectivity index (χ2v) is 16.0. The summed E-state index contributed by atoms with van der Waals surface area (Å²) < 4.78 is 22.1. The molecule has 3 atom stereocenters. The Morgan fingerprint density at radius 3 is 1.54 bits per heavy atom. The first-order valence-corrected chi connectivity index (χ1v) is 23.1. The predicted molar refractivity (Wildman–Crippen MR) is 221 cm³/mol. The van der Waals surface area contributed by atoms with Gasteiger partial charge in [-0.1, -0.05) is 179 Å². The van der Waals surface area contributed by atoms with Crippen molar-refractivity contribution in [1.29, 1.82) is 0 Å². The van der Waals surface area contributed by atoms with E-state index >= 15 is 0 Å². The summed E-state index contributed by atoms with van der Waals surface area (Å²) in [6, 6.07) is -0.780. The lowest BCUT2D eigenvalue weighted by molar-refractivity contribution is -0.123. The molecule has 0 bridgehead atoms. The molecule has 0 spiro atoms. The minimum atomic E-state index is -4.32. The van der Waals surface area contributed by atoms with E-state index in [9.17, 15) is 19.4 Å². The van der Waals surface area contributed by atoms with E-state index in [1.165, 1.54) is 109 Å². The molecule has 8 nitrogen and oxygen atoms in total. The van der Waals surface area contributed by atoms with Crippen molar-refractivity contribution in [1.82, 2.24) is 5.32 Å². The molecule has 0 fully saturated rings. The average molecular weight is 755 g/mol. The lowest BCUT2D eigenvalue weighted by Gasteiger charge is -2.25. The summed E-state index contributed by atoms with van der Waals surface area (Å²) >= 11 is 0. The van der Waals surface area contributed by atoms with Gasteiger partial charge in [-0.05, 0) is 51.4 Å². The van der Waals surface area contributed by atoms with Crippen LogP contribution in [0.1, 0.15) is 200 Å². The molecular formula is C43H83N2O6P. The number of aliphatic hydroxyl groups excluding tert-OH is 1. The van der Waals surface area contributed by atoms with Gasteiger partial charge >= 0.3 is 7.82 Å². The standard InChI is InChI=1S/C43H83N2O6P/c1-3-5-7-9-11-13-15-17-18-19-20-21-22-23-24-25-27-29-31-33-35-37-43(47)45-41(40-51-52(48,49)50-39-38-44)42(46)36-34-32-30-28-26-16-14-12-10-8-6-4-2/h15,17,19-20,22-23,41-42,46H,3-14,16,18,21,24-40,44H2,1-2H3,(H,45,47)(H,48,49)/b17-15-,20-19-,23-22-. The fourth-order valence-corrected chi connectivity index (χ4v) is 6.96. The minimum Gasteiger partial charge on any atom is -0.391 e. The summed E-state index contributed by atoms with van der Waals surface area (Å²) in [5, 5.41) is 13.8. The van der Waals surface area contributed by atoms with Gasteiger partial charge in [-0.15, -0.1) is 0 Å². The zero-order valence-electron chi connectivity index (χ0n) is 33.8. The summed E-state index contributed by atoms with van der Waals surface area (Å²) in [4.78, 5) is 22.7. The van der Waals surface area contributed by atoms with Gasteiger partial charge in [-0.25, -0.2) is 4.57 Å². The first-order valence-electron chi connectivity index (χ1n) is 21.6. The Morgan fingerprint density at radius 2 is 1.06 bits per heavy atom. The topological polar surface area (TPSA) is 131 Å². The van der Waals surface area contributed by atoms with Crippen LogP contribution in [0, 0.1) is 0 Å². The maximum Gasteiger partial charge on any atom is 0.472 e. The van der Waals surface area contributed by atoms with Gasteiger partial charge in [0, 0.05) is 13.0 Å². The number of carbonyl (C=O) groups excluding carboxylic acids is 1. The quantitative estimate of drug-likeness (QED) is 0.0278. The number of phosphoric acid groups is 1. The molecule has 0 aromatic rings. The molecule has 0 aliphatic heterocycles. The van der Waals surface area contributed by atoms with Crippen LogP contribution in [0.4, 0.5) is 0 Å². The lowest BCUT2D eigenvalue weighted by atomic mass is 10.0. The molecule has 0 aliphatic carbocycles. The van der Waals surface area contributed by atoms with E-state index in [-0.39, 0.29) is 25.7 Å². The molecule has 0 saturated carbocycles. The van der Waals surface area contributed by atoms with Gasteiger partial charge < -0.3 is 21.1 Å². The van der Waals surface area contributed by atoms with Gasteiger partial charge in [0.2, 0.25) is 5.91 Å². The Labute approximate surface area is 320 Å². The van der Waals surface area contributed by atoms with Crippen molar-refractivity contribution in [3.63, 3.8) is 0 Å². The van der Waals surface area contributed by atoms with Crippen molar-refractivity contribution >= 4 is 13.7 Å². The molecule has 0 radical (unpaired) electrons. The Balaban J connectivity index is 4.16. The fraction of sp³-hybridized carbons (Fsp3) is 0.837. The van der Waals surface area contributed by atoms with E-state index in [4.69, 9.17) is 14.8 Å². The normalized spacial score (nSPS) is 14.5. The van der Waals surface area contributed by atoms with Crippen LogP contribution in [0.25, 0.3) is 0 Å². The van der Waals surface area contributed by atoms with Gasteiger partial charge in [0.25, 0.3) is 0 Å². The summed E-state index contributed by atoms with van der Waals surface area (Å²) in [6.07, 6.45) is 45.8. The largest absolute Gasteiger partial charge is 0.472 e. The van der Waals surface area contributed by atoms with Crippen LogP contribution in [0.3, 0.4) is 0 Å². The molecular weight excluding hydrogens is 671 g/mol. The molecule has 1 amide bonds. The molecule has 0 aromatic heterocycles. The van der Waals surface area contributed by atoms with Gasteiger partial charge in [0.15, 0.2) is 0 Å². The third-order valence-corrected chi connectivity index (χ3v) is 10.5. The van der Waals surface area contributed by atoms with Crippen LogP contribution >= 0.6 is 7.82 Å². The van der Waals surface area contributed by atoms with E-state index in [2.05, 4.69) is 55.6 Å². The van der Waals surface area contributed by atoms with E-state index in [1.54, 1.807) is 0 Å². The van der Waals surface area contributed by atoms with E-state index in [0.29, 0.717) is 12.8 Å². The van der Waals surface area contributed by atoms with Crippen molar-refractivity contribution in [3.05, 3.63) is 36.5 Å². The summed E-state index contributed by atoms with van der Waals surface area (Å²) in [7, 11) is -4.32. The molecule has 0 saturated heterocycles. The Bertz CT molecular complexity index is 912. The van der Waals surface area contributed by atoms with Crippen molar-refractivity contribution in [2.75, 3.05) is 19.8 Å². The van der Waals surface area contributed by atoms with E-state index in [1.807, 2.05) is 0 Å². The van der Waals surface area contributed by atoms with Gasteiger partial charge in [0.1, 0.15) is 0 Å². The number of phosphoric ester groups is 1. The SMILES string of the molecule is CCCCCCC/C=C\C/C=C\C/C=C\CCCCCCCCC(=O)NC(COP(=O)(O)OCCN)C(O)CCCCCCCCCCCCCC. The number of nitrogens with one attached hydrogen (secondary N) is 1. The summed E-state index contributed by atoms with van der Waals surface area (Å²) in [6.45, 7) is 4.18. The highest BCUT2D eigenvalue weighted by Crippen LogP contribution is 2.43. The van der Waals surface area contributed by atoms with Gasteiger partial charge in [-0.2, -0.15) is 0 Å². The van der Waals surface area contributed by atoms with E-state index < -0.39 is 20.0 Å². The van der Waals surface area contributed by atoms with Crippen LogP contribution in [0.15, 0.2) is 36.5 Å². The monoisotopic (exact) mass is 755 g/mol. The van der Waals surface area contributed by atoms with Crippen LogP contribution in [0.5, 0.6) is 0 Å². The smallest absolute Gasteiger partial charge is 0.391 e. The van der Waals surface area contributed by atoms with Crippen LogP contribution in [-0.2, 0) is 18.4 Å². The average Bonchev–Trinajstić information content (AvgIpc) is 3.13. The number of carbonyl (C=O) groups is 1. The molecule has 0 aromatic carbocycles. The first-order chi connectivity index (χ1) is 25.4. The van der Waals surface area contributed by atoms with E-state index in [0.717, 1.165) is 64.2 Å².